The van der Waals surface area contributed by atoms with Crippen LogP contribution in [0.2, 0.25) is 0 Å². The Morgan fingerprint density at radius 3 is 2.49 bits per heavy atom. The normalized spacial score (nSPS) is 18.7. The largest absolute Gasteiger partial charge is 0.392 e. The van der Waals surface area contributed by atoms with Crippen molar-refractivity contribution < 1.29 is 43.3 Å². The molecule has 324 valence electrons. The third-order valence-electron chi connectivity index (χ3n) is 11.8. The zero-order valence-corrected chi connectivity index (χ0v) is 34.5. The van der Waals surface area contributed by atoms with Gasteiger partial charge in [0.25, 0.3) is 11.8 Å². The van der Waals surface area contributed by atoms with E-state index < -0.39 is 35.8 Å². The molecule has 4 aliphatic heterocycles. The second kappa shape index (κ2) is 21.0. The number of hydrogen-bond donors (Lipinski definition) is 3. The average Bonchev–Trinajstić information content (AvgIpc) is 3.50. The molecule has 1 aromatic heterocycles. The molecule has 2 fully saturated rings. The van der Waals surface area contributed by atoms with Crippen LogP contribution in [0.5, 0.6) is 0 Å². The number of hydrogen-bond acceptors (Lipinski definition) is 14. The van der Waals surface area contributed by atoms with Crippen molar-refractivity contribution in [3.05, 3.63) is 88.4 Å². The van der Waals surface area contributed by atoms with E-state index in [9.17, 15) is 33.9 Å². The molecule has 61 heavy (non-hydrogen) atoms. The van der Waals surface area contributed by atoms with E-state index in [1.165, 1.54) is 17.5 Å². The molecule has 1 unspecified atom stereocenters. The molecule has 2 aromatic carbocycles. The topological polar surface area (TPSA) is 201 Å². The number of Topliss-reactive ketones (excluding diaryl/α,β-unsaturated/α-hetero) is 2. The summed E-state index contributed by atoms with van der Waals surface area (Å²) in [7, 11) is 0. The molecule has 2 atom stereocenters. The maximum absolute atomic E-state index is 13.3. The Labute approximate surface area is 355 Å². The van der Waals surface area contributed by atoms with Crippen molar-refractivity contribution in [2.75, 3.05) is 64.5 Å². The lowest BCUT2D eigenvalue weighted by Gasteiger charge is -2.39. The number of carbonyl (C=O) groups is 6. The van der Waals surface area contributed by atoms with Crippen LogP contribution in [0, 0.1) is 0 Å². The first-order valence-corrected chi connectivity index (χ1v) is 21.4. The van der Waals surface area contributed by atoms with Crippen molar-refractivity contribution in [2.24, 2.45) is 0 Å². The summed E-state index contributed by atoms with van der Waals surface area (Å²) in [5.74, 6) is -1.44. The summed E-state index contributed by atoms with van der Waals surface area (Å²) in [4.78, 5) is 89.5. The van der Waals surface area contributed by atoms with Crippen molar-refractivity contribution in [3.63, 3.8) is 0 Å². The number of ether oxygens (including phenoxy) is 2. The third-order valence-corrected chi connectivity index (χ3v) is 11.8. The van der Waals surface area contributed by atoms with Crippen LogP contribution in [0.25, 0.3) is 0 Å². The van der Waals surface area contributed by atoms with Gasteiger partial charge in [0.05, 0.1) is 43.1 Å². The Balaban J connectivity index is 0.694. The number of rotatable bonds is 23. The zero-order chi connectivity index (χ0) is 42.7. The van der Waals surface area contributed by atoms with E-state index in [1.54, 1.807) is 24.3 Å². The fourth-order valence-electron chi connectivity index (χ4n) is 8.46. The maximum atomic E-state index is 13.3. The first kappa shape index (κ1) is 43.8. The molecule has 7 rings (SSSR count). The summed E-state index contributed by atoms with van der Waals surface area (Å²) >= 11 is 0. The molecule has 16 heteroatoms. The Bertz CT molecular complexity index is 2090. The van der Waals surface area contributed by atoms with Crippen LogP contribution < -0.4 is 10.6 Å². The minimum Gasteiger partial charge on any atom is -0.392 e. The third kappa shape index (κ3) is 11.6. The van der Waals surface area contributed by atoms with Gasteiger partial charge in [-0.2, -0.15) is 0 Å². The molecule has 3 aromatic rings. The second-order valence-corrected chi connectivity index (χ2v) is 16.3. The number of ketones is 2. The summed E-state index contributed by atoms with van der Waals surface area (Å²) in [5, 5.41) is 16.2. The molecule has 4 amide bonds. The first-order valence-electron chi connectivity index (χ1n) is 21.4. The van der Waals surface area contributed by atoms with Crippen LogP contribution in [0.1, 0.15) is 99.3 Å². The van der Waals surface area contributed by atoms with Gasteiger partial charge in [-0.3, -0.25) is 48.8 Å². The number of aliphatic hydroxyl groups excluding tert-OH is 1. The predicted octanol–water partition coefficient (Wildman–Crippen LogP) is 2.76. The molecule has 0 spiro atoms. The van der Waals surface area contributed by atoms with E-state index in [2.05, 4.69) is 48.6 Å². The van der Waals surface area contributed by atoms with E-state index in [0.29, 0.717) is 87.7 Å². The Hall–Kier alpha value is -5.26. The number of amides is 4. The number of aromatic nitrogens is 2. The minimum absolute atomic E-state index is 0.0695. The summed E-state index contributed by atoms with van der Waals surface area (Å²) in [6.07, 6.45) is 5.24. The number of fused-ring (bicyclic) bond motifs is 2. The highest BCUT2D eigenvalue weighted by atomic mass is 16.5. The summed E-state index contributed by atoms with van der Waals surface area (Å²) in [6, 6.07) is 14.4. The van der Waals surface area contributed by atoms with Gasteiger partial charge in [0.1, 0.15) is 29.7 Å². The number of benzene rings is 2. The molecule has 0 saturated carbocycles. The molecule has 0 aliphatic carbocycles. The fraction of sp³-hybridized carbons (Fsp3) is 0.511. The first-order chi connectivity index (χ1) is 29.6. The number of carbonyl (C=O) groups excluding carboxylic acids is 6. The van der Waals surface area contributed by atoms with Gasteiger partial charge >= 0.3 is 0 Å². The van der Waals surface area contributed by atoms with E-state index >= 15 is 0 Å². The lowest BCUT2D eigenvalue weighted by Crippen LogP contribution is -2.54. The van der Waals surface area contributed by atoms with Gasteiger partial charge in [-0.1, -0.05) is 36.4 Å². The quantitative estimate of drug-likeness (QED) is 0.0716. The molecule has 5 heterocycles. The van der Waals surface area contributed by atoms with E-state index in [1.807, 2.05) is 6.07 Å². The van der Waals surface area contributed by atoms with Gasteiger partial charge in [0.15, 0.2) is 5.78 Å². The highest BCUT2D eigenvalue weighted by Gasteiger charge is 2.45. The second-order valence-electron chi connectivity index (χ2n) is 16.3. The molecule has 2 saturated heterocycles. The lowest BCUT2D eigenvalue weighted by molar-refractivity contribution is -0.136. The highest BCUT2D eigenvalue weighted by molar-refractivity contribution is 6.24. The maximum Gasteiger partial charge on any atom is 0.262 e. The molecule has 3 N–H and O–H groups in total. The SMILES string of the molecule is O=C(CCCN1CC(Nc2cc(C(=O)CC[C@H](O)CN3CCc4ccccc4C3)ncn2)C1)CCOCCOCCCc1cccc2c1C(=O)N(C1CCC(=O)NC1=O)C2=O. The number of imide groups is 2. The molecular weight excluding hydrogens is 783 g/mol. The van der Waals surface area contributed by atoms with E-state index in [4.69, 9.17) is 9.47 Å². The van der Waals surface area contributed by atoms with E-state index in [-0.39, 0.29) is 42.4 Å². The zero-order valence-electron chi connectivity index (χ0n) is 34.5. The number of nitrogens with zero attached hydrogens (tertiary/aromatic N) is 5. The fourth-order valence-corrected chi connectivity index (χ4v) is 8.46. The van der Waals surface area contributed by atoms with Crippen LogP contribution in [-0.4, -0.2) is 142 Å². The Morgan fingerprint density at radius 2 is 1.67 bits per heavy atom. The van der Waals surface area contributed by atoms with Crippen LogP contribution in [0.3, 0.4) is 0 Å². The van der Waals surface area contributed by atoms with Gasteiger partial charge in [0, 0.05) is 71.1 Å². The van der Waals surface area contributed by atoms with Gasteiger partial charge < -0.3 is 19.9 Å². The summed E-state index contributed by atoms with van der Waals surface area (Å²) in [5.41, 5.74) is 4.29. The standard InChI is InChI=1S/C45H55N7O9/c53-34(17-21-61-23-22-60-20-5-9-31-8-3-11-36-42(31)45(59)52(44(36)58)38-13-15-41(56)49-43(38)57)10-4-18-50-26-33(27-50)48-40-24-37(46-29-47-40)39(55)14-12-35(54)28-51-19-16-30-6-1-2-7-32(30)25-51/h1-3,6-8,11,24,29,33,35,38,54H,4-5,9-10,12-23,25-28H2,(H,46,47,48)(H,49,56,57)/t35-,38?/m0/s1. The van der Waals surface area contributed by atoms with Gasteiger partial charge in [-0.05, 0) is 67.8 Å². The molecule has 4 aliphatic rings. The number of aryl methyl sites for hydroxylation is 1. The summed E-state index contributed by atoms with van der Waals surface area (Å²) < 4.78 is 11.3. The number of likely N-dealkylation sites (tertiary alicyclic amines) is 1. The van der Waals surface area contributed by atoms with Gasteiger partial charge in [-0.25, -0.2) is 9.97 Å². The number of anilines is 1. The van der Waals surface area contributed by atoms with Crippen molar-refractivity contribution >= 4 is 41.0 Å². The molecule has 0 radical (unpaired) electrons. The van der Waals surface area contributed by atoms with Gasteiger partial charge in [-0.15, -0.1) is 0 Å². The van der Waals surface area contributed by atoms with Crippen molar-refractivity contribution in [2.45, 2.75) is 88.9 Å². The molecule has 0 bridgehead atoms. The van der Waals surface area contributed by atoms with Crippen LogP contribution in [0.15, 0.2) is 54.9 Å². The van der Waals surface area contributed by atoms with E-state index in [0.717, 1.165) is 50.5 Å². The van der Waals surface area contributed by atoms with Crippen LogP contribution in [0.4, 0.5) is 5.82 Å². The molecule has 16 nitrogen and oxygen atoms in total. The summed E-state index contributed by atoms with van der Waals surface area (Å²) in [6.45, 7) is 6.14. The number of nitrogens with one attached hydrogen (secondary N) is 2. The lowest BCUT2D eigenvalue weighted by atomic mass is 9.99. The van der Waals surface area contributed by atoms with Crippen molar-refractivity contribution in [1.82, 2.24) is 30.0 Å². The predicted molar refractivity (Wildman–Crippen MR) is 223 cm³/mol. The average molecular weight is 838 g/mol. The number of aliphatic hydroxyl groups is 1. The van der Waals surface area contributed by atoms with Gasteiger partial charge in [0.2, 0.25) is 11.8 Å². The van der Waals surface area contributed by atoms with Crippen LogP contribution in [-0.2, 0) is 43.2 Å². The smallest absolute Gasteiger partial charge is 0.262 e. The van der Waals surface area contributed by atoms with Crippen molar-refractivity contribution in [1.29, 1.82) is 0 Å². The number of β-amino-alcohol motifs (C(OH)–C–C–N with tert-alkyl or cyclic N) is 1. The Kier molecular flexibility index (Phi) is 15.1. The highest BCUT2D eigenvalue weighted by Crippen LogP contribution is 2.30. The monoisotopic (exact) mass is 837 g/mol. The number of piperidine rings is 1. The van der Waals surface area contributed by atoms with Crippen LogP contribution >= 0.6 is 0 Å². The minimum atomic E-state index is -0.999. The Morgan fingerprint density at radius 1 is 0.869 bits per heavy atom. The molecular formula is C45H55N7O9. The van der Waals surface area contributed by atoms with Crippen molar-refractivity contribution in [3.8, 4) is 0 Å².